The Hall–Kier alpha value is -2.72. The molecule has 3 atom stereocenters. The minimum Gasteiger partial charge on any atom is -0.390 e. The number of piperazine rings is 1. The van der Waals surface area contributed by atoms with Crippen molar-refractivity contribution >= 4 is 27.4 Å². The van der Waals surface area contributed by atoms with E-state index < -0.39 is 15.4 Å². The average molecular weight is 540 g/mol. The molecule has 2 aromatic rings. The van der Waals surface area contributed by atoms with E-state index in [1.807, 2.05) is 13.0 Å². The fourth-order valence-electron chi connectivity index (χ4n) is 7.74. The van der Waals surface area contributed by atoms with Crippen LogP contribution in [0.25, 0.3) is 0 Å². The number of amides is 1. The van der Waals surface area contributed by atoms with E-state index in [-0.39, 0.29) is 18.0 Å². The third-order valence-electron chi connectivity index (χ3n) is 9.24. The Bertz CT molecular complexity index is 1350. The lowest BCUT2D eigenvalue weighted by Crippen LogP contribution is -2.61. The summed E-state index contributed by atoms with van der Waals surface area (Å²) in [6.45, 7) is 6.21. The summed E-state index contributed by atoms with van der Waals surface area (Å²) in [6.07, 6.45) is 7.57. The fraction of sp³-hybridized carbons (Fsp3) is 0.607. The van der Waals surface area contributed by atoms with Gasteiger partial charge in [0.25, 0.3) is 5.91 Å². The van der Waals surface area contributed by atoms with Gasteiger partial charge in [-0.3, -0.25) is 4.79 Å². The van der Waals surface area contributed by atoms with Crippen LogP contribution in [0.15, 0.2) is 35.4 Å². The van der Waals surface area contributed by atoms with Crippen molar-refractivity contribution in [3.63, 3.8) is 0 Å². The van der Waals surface area contributed by atoms with Gasteiger partial charge in [0, 0.05) is 49.9 Å². The van der Waals surface area contributed by atoms with E-state index in [0.717, 1.165) is 56.4 Å². The third kappa shape index (κ3) is 4.66. The first-order valence-electron chi connectivity index (χ1n) is 13.7. The molecule has 2 heterocycles. The fourth-order valence-corrected chi connectivity index (χ4v) is 8.45. The number of carbonyl (C=O) groups is 1. The van der Waals surface area contributed by atoms with Gasteiger partial charge in [-0.15, -0.1) is 0 Å². The van der Waals surface area contributed by atoms with Crippen molar-refractivity contribution in [2.75, 3.05) is 35.7 Å². The zero-order valence-electron chi connectivity index (χ0n) is 22.3. The first-order valence-corrected chi connectivity index (χ1v) is 15.6. The highest BCUT2D eigenvalue weighted by atomic mass is 32.2. The van der Waals surface area contributed by atoms with Crippen molar-refractivity contribution in [2.45, 2.75) is 68.5 Å². The Kier molecular flexibility index (Phi) is 6.18. The van der Waals surface area contributed by atoms with Crippen LogP contribution >= 0.6 is 0 Å². The molecule has 9 nitrogen and oxygen atoms in total. The first kappa shape index (κ1) is 25.6. The molecule has 1 aromatic heterocycles. The molecular formula is C28H37N5O4S. The summed E-state index contributed by atoms with van der Waals surface area (Å²) in [5.74, 6) is 1.68. The SMILES string of the molecule is Cc1cc(S(C)(=O)=O)ccc1N1CCN(c2nccc(C(=O)NC3C4CC5CC3CC(O)(C5)C4)n2)[C@H](C)C1. The molecule has 1 aliphatic heterocycles. The topological polar surface area (TPSA) is 116 Å². The number of nitrogens with zero attached hydrogens (tertiary/aromatic N) is 4. The minimum absolute atomic E-state index is 0.0983. The lowest BCUT2D eigenvalue weighted by Gasteiger charge is -2.58. The molecule has 1 amide bonds. The highest BCUT2D eigenvalue weighted by molar-refractivity contribution is 7.90. The van der Waals surface area contributed by atoms with Gasteiger partial charge in [0.15, 0.2) is 9.84 Å². The average Bonchev–Trinajstić information content (AvgIpc) is 2.84. The molecule has 0 spiro atoms. The minimum atomic E-state index is -3.24. The summed E-state index contributed by atoms with van der Waals surface area (Å²) in [7, 11) is -3.24. The van der Waals surface area contributed by atoms with Gasteiger partial charge in [-0.1, -0.05) is 0 Å². The molecule has 4 saturated carbocycles. The number of nitrogens with one attached hydrogen (secondary N) is 1. The first-order chi connectivity index (χ1) is 18.0. The quantitative estimate of drug-likeness (QED) is 0.596. The summed E-state index contributed by atoms with van der Waals surface area (Å²) >= 11 is 0. The molecule has 204 valence electrons. The maximum Gasteiger partial charge on any atom is 0.270 e. The van der Waals surface area contributed by atoms with Gasteiger partial charge in [0.1, 0.15) is 5.69 Å². The van der Waals surface area contributed by atoms with Crippen LogP contribution in [0.3, 0.4) is 0 Å². The number of carbonyl (C=O) groups excluding carboxylic acids is 1. The summed E-state index contributed by atoms with van der Waals surface area (Å²) < 4.78 is 23.8. The van der Waals surface area contributed by atoms with Gasteiger partial charge in [-0.05, 0) is 93.5 Å². The predicted octanol–water partition coefficient (Wildman–Crippen LogP) is 2.57. The standard InChI is InChI=1S/C28H37N5O4S/c1-17-10-22(38(3,36)37)4-5-24(17)32-8-9-33(18(2)16-32)27-29-7-6-23(30-27)26(34)31-25-20-11-19-12-21(25)15-28(35,13-19)14-20/h4-7,10,18-21,25,35H,8-9,11-16H2,1-3H3,(H,31,34)/t18-,19?,20?,21?,25?,28?/m1/s1. The highest BCUT2D eigenvalue weighted by Gasteiger charge is 2.55. The van der Waals surface area contributed by atoms with Crippen molar-refractivity contribution in [3.05, 3.63) is 41.7 Å². The van der Waals surface area contributed by atoms with Crippen LogP contribution < -0.4 is 15.1 Å². The van der Waals surface area contributed by atoms with Crippen molar-refractivity contribution < 1.29 is 18.3 Å². The molecule has 4 aliphatic carbocycles. The number of hydrogen-bond donors (Lipinski definition) is 2. The lowest BCUT2D eigenvalue weighted by atomic mass is 9.52. The molecule has 1 saturated heterocycles. The lowest BCUT2D eigenvalue weighted by molar-refractivity contribution is -0.136. The molecule has 7 rings (SSSR count). The van der Waals surface area contributed by atoms with Crippen LogP contribution in [0.1, 0.15) is 55.1 Å². The number of sulfone groups is 1. The van der Waals surface area contributed by atoms with Crippen molar-refractivity contribution in [2.24, 2.45) is 17.8 Å². The second-order valence-electron chi connectivity index (χ2n) is 12.1. The van der Waals surface area contributed by atoms with E-state index in [0.29, 0.717) is 40.8 Å². The van der Waals surface area contributed by atoms with Crippen LogP contribution in [0.2, 0.25) is 0 Å². The summed E-state index contributed by atoms with van der Waals surface area (Å²) in [6, 6.07) is 7.17. The van der Waals surface area contributed by atoms with Gasteiger partial charge in [0.05, 0.1) is 10.5 Å². The summed E-state index contributed by atoms with van der Waals surface area (Å²) in [5.41, 5.74) is 1.81. The Labute approximate surface area is 224 Å². The van der Waals surface area contributed by atoms with Gasteiger partial charge in [-0.25, -0.2) is 18.4 Å². The van der Waals surface area contributed by atoms with E-state index in [9.17, 15) is 18.3 Å². The molecular weight excluding hydrogens is 502 g/mol. The van der Waals surface area contributed by atoms with E-state index in [4.69, 9.17) is 0 Å². The van der Waals surface area contributed by atoms with Gasteiger partial charge >= 0.3 is 0 Å². The van der Waals surface area contributed by atoms with E-state index in [2.05, 4.69) is 32.0 Å². The van der Waals surface area contributed by atoms with E-state index >= 15 is 0 Å². The number of aryl methyl sites for hydroxylation is 1. The van der Waals surface area contributed by atoms with Crippen molar-refractivity contribution in [3.8, 4) is 0 Å². The smallest absolute Gasteiger partial charge is 0.270 e. The number of aromatic nitrogens is 2. The molecule has 4 bridgehead atoms. The van der Waals surface area contributed by atoms with E-state index in [1.165, 1.54) is 6.26 Å². The van der Waals surface area contributed by atoms with Gasteiger partial charge in [0.2, 0.25) is 5.95 Å². The predicted molar refractivity (Wildman–Crippen MR) is 145 cm³/mol. The molecule has 10 heteroatoms. The highest BCUT2D eigenvalue weighted by Crippen LogP contribution is 2.55. The number of aliphatic hydroxyl groups is 1. The molecule has 38 heavy (non-hydrogen) atoms. The molecule has 5 fully saturated rings. The third-order valence-corrected chi connectivity index (χ3v) is 10.3. The maximum atomic E-state index is 13.3. The van der Waals surface area contributed by atoms with Gasteiger partial charge in [-0.2, -0.15) is 0 Å². The Morgan fingerprint density at radius 2 is 1.87 bits per heavy atom. The number of benzene rings is 1. The largest absolute Gasteiger partial charge is 0.390 e. The number of anilines is 2. The summed E-state index contributed by atoms with van der Waals surface area (Å²) in [5, 5.41) is 14.1. The maximum absolute atomic E-state index is 13.3. The molecule has 2 N–H and O–H groups in total. The monoisotopic (exact) mass is 539 g/mol. The van der Waals surface area contributed by atoms with Crippen LogP contribution in [0.5, 0.6) is 0 Å². The molecule has 5 aliphatic rings. The Morgan fingerprint density at radius 1 is 1.13 bits per heavy atom. The number of hydrogen-bond acceptors (Lipinski definition) is 8. The normalized spacial score (nSPS) is 32.5. The van der Waals surface area contributed by atoms with Crippen molar-refractivity contribution in [1.82, 2.24) is 15.3 Å². The van der Waals surface area contributed by atoms with Crippen LogP contribution in [0, 0.1) is 24.7 Å². The molecule has 0 radical (unpaired) electrons. The zero-order chi connectivity index (χ0) is 26.8. The molecule has 1 aromatic carbocycles. The number of rotatable bonds is 5. The van der Waals surface area contributed by atoms with Crippen molar-refractivity contribution in [1.29, 1.82) is 0 Å². The Balaban J connectivity index is 1.13. The Morgan fingerprint density at radius 3 is 2.50 bits per heavy atom. The van der Waals surface area contributed by atoms with Crippen LogP contribution in [0.4, 0.5) is 11.6 Å². The summed E-state index contributed by atoms with van der Waals surface area (Å²) in [4.78, 5) is 27.2. The second kappa shape index (κ2) is 9.19. The zero-order valence-corrected chi connectivity index (χ0v) is 23.1. The van der Waals surface area contributed by atoms with Crippen LogP contribution in [-0.2, 0) is 9.84 Å². The molecule has 2 unspecified atom stereocenters. The van der Waals surface area contributed by atoms with Gasteiger partial charge < -0.3 is 20.2 Å². The second-order valence-corrected chi connectivity index (χ2v) is 14.2. The van der Waals surface area contributed by atoms with Crippen LogP contribution in [-0.4, -0.2) is 73.0 Å². The van der Waals surface area contributed by atoms with E-state index in [1.54, 1.807) is 24.4 Å².